The summed E-state index contributed by atoms with van der Waals surface area (Å²) in [6.45, 7) is 10.4. The van der Waals surface area contributed by atoms with Crippen molar-refractivity contribution in [2.45, 2.75) is 26.7 Å². The molecule has 0 saturated carbocycles. The first-order valence-corrected chi connectivity index (χ1v) is 7.75. The smallest absolute Gasteiger partial charge is 0.255 e. The number of carbonyl (C=O) groups is 1. The van der Waals surface area contributed by atoms with Crippen LogP contribution >= 0.6 is 0 Å². The van der Waals surface area contributed by atoms with Crippen LogP contribution in [-0.2, 0) is 0 Å². The van der Waals surface area contributed by atoms with Crippen LogP contribution in [0.5, 0.6) is 5.75 Å². The van der Waals surface area contributed by atoms with Crippen molar-refractivity contribution in [2.75, 3.05) is 11.9 Å². The first-order valence-electron chi connectivity index (χ1n) is 7.75. The van der Waals surface area contributed by atoms with Gasteiger partial charge in [0.25, 0.3) is 5.91 Å². The summed E-state index contributed by atoms with van der Waals surface area (Å²) >= 11 is 0. The van der Waals surface area contributed by atoms with E-state index < -0.39 is 0 Å². The molecule has 1 amide bonds. The van der Waals surface area contributed by atoms with Crippen molar-refractivity contribution < 1.29 is 9.53 Å². The largest absolute Gasteiger partial charge is 0.489 e. The molecule has 0 saturated heterocycles. The highest BCUT2D eigenvalue weighted by molar-refractivity contribution is 6.04. The van der Waals surface area contributed by atoms with Crippen LogP contribution < -0.4 is 10.1 Å². The number of hydrogen-bond acceptors (Lipinski definition) is 2. The molecule has 0 atom stereocenters. The lowest BCUT2D eigenvalue weighted by atomic mass is 10.0. The molecule has 2 aromatic carbocycles. The van der Waals surface area contributed by atoms with Gasteiger partial charge >= 0.3 is 0 Å². The summed E-state index contributed by atoms with van der Waals surface area (Å²) in [5.74, 6) is 0.959. The van der Waals surface area contributed by atoms with E-state index in [0.29, 0.717) is 18.1 Å². The van der Waals surface area contributed by atoms with Crippen molar-refractivity contribution >= 4 is 11.6 Å². The van der Waals surface area contributed by atoms with Gasteiger partial charge in [-0.15, -0.1) is 0 Å². The molecular formula is C20H23NO2. The molecule has 0 aromatic heterocycles. The number of ether oxygens (including phenoxy) is 1. The summed E-state index contributed by atoms with van der Waals surface area (Å²) in [5, 5.41) is 2.98. The van der Waals surface area contributed by atoms with Gasteiger partial charge in [0.15, 0.2) is 0 Å². The molecule has 2 aromatic rings. The van der Waals surface area contributed by atoms with Gasteiger partial charge in [-0.3, -0.25) is 4.79 Å². The Balaban J connectivity index is 2.08. The van der Waals surface area contributed by atoms with Gasteiger partial charge < -0.3 is 10.1 Å². The summed E-state index contributed by atoms with van der Waals surface area (Å²) in [4.78, 5) is 12.4. The lowest BCUT2D eigenvalue weighted by molar-refractivity contribution is 0.102. The highest BCUT2D eigenvalue weighted by atomic mass is 16.5. The number of hydrogen-bond donors (Lipinski definition) is 1. The third-order valence-electron chi connectivity index (χ3n) is 3.43. The van der Waals surface area contributed by atoms with E-state index in [1.165, 1.54) is 0 Å². The van der Waals surface area contributed by atoms with E-state index in [1.807, 2.05) is 31.2 Å². The third-order valence-corrected chi connectivity index (χ3v) is 3.43. The summed E-state index contributed by atoms with van der Waals surface area (Å²) in [7, 11) is 0. The van der Waals surface area contributed by atoms with Gasteiger partial charge in [-0.1, -0.05) is 38.6 Å². The number of carbonyl (C=O) groups excluding carboxylic acids is 1. The molecule has 0 heterocycles. The Morgan fingerprint density at radius 3 is 2.39 bits per heavy atom. The van der Waals surface area contributed by atoms with Gasteiger partial charge in [0.2, 0.25) is 0 Å². The minimum absolute atomic E-state index is 0.121. The molecule has 120 valence electrons. The van der Waals surface area contributed by atoms with E-state index in [2.05, 4.69) is 25.7 Å². The molecule has 1 N–H and O–H groups in total. The first-order chi connectivity index (χ1) is 11.0. The molecule has 0 aliphatic heterocycles. The molecule has 0 bridgehead atoms. The minimum Gasteiger partial charge on any atom is -0.489 e. The van der Waals surface area contributed by atoms with E-state index >= 15 is 0 Å². The summed E-state index contributed by atoms with van der Waals surface area (Å²) in [6, 6.07) is 15.0. The Morgan fingerprint density at radius 1 is 1.13 bits per heavy atom. The Kier molecular flexibility index (Phi) is 5.58. The van der Waals surface area contributed by atoms with Gasteiger partial charge in [-0.2, -0.15) is 0 Å². The molecule has 3 heteroatoms. The molecule has 0 spiro atoms. The van der Waals surface area contributed by atoms with Crippen molar-refractivity contribution in [3.63, 3.8) is 0 Å². The van der Waals surface area contributed by atoms with Crippen molar-refractivity contribution in [2.24, 2.45) is 0 Å². The maximum atomic E-state index is 12.4. The lowest BCUT2D eigenvalue weighted by Crippen LogP contribution is -2.13. The summed E-state index contributed by atoms with van der Waals surface area (Å²) < 4.78 is 5.54. The normalized spacial score (nSPS) is 10.4. The van der Waals surface area contributed by atoms with Gasteiger partial charge in [0, 0.05) is 11.3 Å². The quantitative estimate of drug-likeness (QED) is 0.761. The van der Waals surface area contributed by atoms with Crippen molar-refractivity contribution in [1.82, 2.24) is 0 Å². The molecule has 0 radical (unpaired) electrons. The zero-order valence-electron chi connectivity index (χ0n) is 13.9. The Hall–Kier alpha value is -2.55. The first kappa shape index (κ1) is 16.8. The molecule has 3 nitrogen and oxygen atoms in total. The number of rotatable bonds is 6. The SMILES string of the molecule is C=C(C)COc1ccc(C(=O)Nc2ccccc2C(C)C)cc1. The van der Waals surface area contributed by atoms with Gasteiger partial charge in [0.05, 0.1) is 0 Å². The topological polar surface area (TPSA) is 38.3 Å². The highest BCUT2D eigenvalue weighted by Crippen LogP contribution is 2.24. The standard InChI is InChI=1S/C20H23NO2/c1-14(2)13-23-17-11-9-16(10-12-17)20(22)21-19-8-6-5-7-18(19)15(3)4/h5-12,15H,1,13H2,2-4H3,(H,21,22). The van der Waals surface area contributed by atoms with Crippen molar-refractivity contribution in [3.8, 4) is 5.75 Å². The van der Waals surface area contributed by atoms with Crippen LogP contribution in [0.25, 0.3) is 0 Å². The molecule has 23 heavy (non-hydrogen) atoms. The molecular weight excluding hydrogens is 286 g/mol. The second-order valence-corrected chi connectivity index (χ2v) is 5.97. The zero-order chi connectivity index (χ0) is 16.8. The van der Waals surface area contributed by atoms with Crippen LogP contribution in [0.2, 0.25) is 0 Å². The molecule has 2 rings (SSSR count). The van der Waals surface area contributed by atoms with Crippen LogP contribution in [0.15, 0.2) is 60.7 Å². The second-order valence-electron chi connectivity index (χ2n) is 5.97. The Morgan fingerprint density at radius 2 is 1.78 bits per heavy atom. The minimum atomic E-state index is -0.121. The molecule has 0 aliphatic rings. The fraction of sp³-hybridized carbons (Fsp3) is 0.250. The number of anilines is 1. The fourth-order valence-corrected chi connectivity index (χ4v) is 2.22. The van der Waals surface area contributed by atoms with Crippen molar-refractivity contribution in [3.05, 3.63) is 71.8 Å². The Labute approximate surface area is 138 Å². The number of amides is 1. The summed E-state index contributed by atoms with van der Waals surface area (Å²) in [6.07, 6.45) is 0. The average Bonchev–Trinajstić information content (AvgIpc) is 2.53. The van der Waals surface area contributed by atoms with E-state index in [0.717, 1.165) is 22.6 Å². The number of para-hydroxylation sites is 1. The van der Waals surface area contributed by atoms with Crippen molar-refractivity contribution in [1.29, 1.82) is 0 Å². The van der Waals surface area contributed by atoms with E-state index in [9.17, 15) is 4.79 Å². The number of benzene rings is 2. The van der Waals surface area contributed by atoms with Gasteiger partial charge in [-0.25, -0.2) is 0 Å². The molecule has 0 unspecified atom stereocenters. The monoisotopic (exact) mass is 309 g/mol. The average molecular weight is 309 g/mol. The predicted octanol–water partition coefficient (Wildman–Crippen LogP) is 5.02. The highest BCUT2D eigenvalue weighted by Gasteiger charge is 2.11. The predicted molar refractivity (Wildman–Crippen MR) is 95.2 cm³/mol. The number of nitrogens with one attached hydrogen (secondary N) is 1. The maximum Gasteiger partial charge on any atom is 0.255 e. The van der Waals surface area contributed by atoms with Crippen LogP contribution in [0.4, 0.5) is 5.69 Å². The molecule has 0 aliphatic carbocycles. The third kappa shape index (κ3) is 4.71. The zero-order valence-corrected chi connectivity index (χ0v) is 13.9. The van der Waals surface area contributed by atoms with Crippen LogP contribution in [0, 0.1) is 0 Å². The van der Waals surface area contributed by atoms with Crippen LogP contribution in [0.3, 0.4) is 0 Å². The van der Waals surface area contributed by atoms with Crippen LogP contribution in [0.1, 0.15) is 42.6 Å². The summed E-state index contributed by atoms with van der Waals surface area (Å²) in [5.41, 5.74) is 3.54. The lowest BCUT2D eigenvalue weighted by Gasteiger charge is -2.14. The van der Waals surface area contributed by atoms with Gasteiger partial charge in [0.1, 0.15) is 12.4 Å². The van der Waals surface area contributed by atoms with E-state index in [1.54, 1.807) is 24.3 Å². The second kappa shape index (κ2) is 7.63. The van der Waals surface area contributed by atoms with Gasteiger partial charge in [-0.05, 0) is 54.3 Å². The Bertz CT molecular complexity index is 687. The van der Waals surface area contributed by atoms with E-state index in [-0.39, 0.29) is 5.91 Å². The molecule has 0 fully saturated rings. The fourth-order valence-electron chi connectivity index (χ4n) is 2.22. The van der Waals surface area contributed by atoms with Crippen LogP contribution in [-0.4, -0.2) is 12.5 Å². The van der Waals surface area contributed by atoms with E-state index in [4.69, 9.17) is 4.74 Å². The maximum absolute atomic E-state index is 12.4.